The maximum absolute atomic E-state index is 8.64. The predicted octanol–water partition coefficient (Wildman–Crippen LogP) is 1.97. The summed E-state index contributed by atoms with van der Waals surface area (Å²) in [5.41, 5.74) is 6.10. The van der Waals surface area contributed by atoms with Crippen LogP contribution in [0.5, 0.6) is 11.5 Å². The van der Waals surface area contributed by atoms with E-state index in [-0.39, 0.29) is 5.84 Å². The van der Waals surface area contributed by atoms with Crippen molar-refractivity contribution in [1.82, 2.24) is 0 Å². The minimum absolute atomic E-state index is 0.0317. The van der Waals surface area contributed by atoms with Gasteiger partial charge < -0.3 is 20.4 Å². The zero-order valence-corrected chi connectivity index (χ0v) is 10.1. The summed E-state index contributed by atoms with van der Waals surface area (Å²) in [4.78, 5) is 0. The molecule has 0 aromatic heterocycles. The van der Waals surface area contributed by atoms with Crippen LogP contribution >= 0.6 is 0 Å². The summed E-state index contributed by atoms with van der Waals surface area (Å²) in [6, 6.07) is 5.17. The third-order valence-electron chi connectivity index (χ3n) is 2.29. The maximum Gasteiger partial charge on any atom is 0.170 e. The Bertz CT molecular complexity index is 391. The number of hydrogen-bond donors (Lipinski definition) is 2. The van der Waals surface area contributed by atoms with Gasteiger partial charge in [0.1, 0.15) is 11.5 Å². The fourth-order valence-corrected chi connectivity index (χ4v) is 1.31. The van der Waals surface area contributed by atoms with Gasteiger partial charge in [0.05, 0.1) is 13.7 Å². The standard InChI is InChI=1S/C12H18N2O3/c1-3-4-5-17-11-7-9(12(13)14-15)6-10(8-11)16-2/h6-8,15H,3-5H2,1-2H3,(H2,13,14). The average Bonchev–Trinajstić information content (AvgIpc) is 2.37. The third-order valence-corrected chi connectivity index (χ3v) is 2.29. The summed E-state index contributed by atoms with van der Waals surface area (Å²) in [5, 5.41) is 11.6. The second kappa shape index (κ2) is 6.62. The fourth-order valence-electron chi connectivity index (χ4n) is 1.31. The lowest BCUT2D eigenvalue weighted by Gasteiger charge is -2.09. The van der Waals surface area contributed by atoms with Gasteiger partial charge in [-0.15, -0.1) is 0 Å². The van der Waals surface area contributed by atoms with Gasteiger partial charge in [0, 0.05) is 11.6 Å². The Morgan fingerprint density at radius 1 is 1.35 bits per heavy atom. The third kappa shape index (κ3) is 3.86. The van der Waals surface area contributed by atoms with Crippen LogP contribution in [0.4, 0.5) is 0 Å². The molecular weight excluding hydrogens is 220 g/mol. The van der Waals surface area contributed by atoms with Gasteiger partial charge in [-0.25, -0.2) is 0 Å². The summed E-state index contributed by atoms with van der Waals surface area (Å²) >= 11 is 0. The first-order chi connectivity index (χ1) is 8.21. The Kier molecular flexibility index (Phi) is 5.13. The molecule has 0 aliphatic heterocycles. The van der Waals surface area contributed by atoms with Crippen LogP contribution in [0, 0.1) is 0 Å². The predicted molar refractivity (Wildman–Crippen MR) is 65.9 cm³/mol. The summed E-state index contributed by atoms with van der Waals surface area (Å²) in [6.45, 7) is 2.73. The van der Waals surface area contributed by atoms with Gasteiger partial charge in [-0.2, -0.15) is 0 Å². The molecule has 0 radical (unpaired) electrons. The molecule has 94 valence electrons. The van der Waals surface area contributed by atoms with E-state index in [2.05, 4.69) is 12.1 Å². The molecule has 5 heteroatoms. The zero-order chi connectivity index (χ0) is 12.7. The van der Waals surface area contributed by atoms with E-state index in [1.54, 1.807) is 25.3 Å². The van der Waals surface area contributed by atoms with Crippen LogP contribution in [0.25, 0.3) is 0 Å². The van der Waals surface area contributed by atoms with Crippen LogP contribution in [0.3, 0.4) is 0 Å². The summed E-state index contributed by atoms with van der Waals surface area (Å²) in [7, 11) is 1.56. The smallest absolute Gasteiger partial charge is 0.170 e. The molecule has 0 spiro atoms. The van der Waals surface area contributed by atoms with Crippen molar-refractivity contribution in [1.29, 1.82) is 0 Å². The van der Waals surface area contributed by atoms with Crippen molar-refractivity contribution in [2.24, 2.45) is 10.9 Å². The van der Waals surface area contributed by atoms with Crippen LogP contribution in [-0.2, 0) is 0 Å². The molecule has 3 N–H and O–H groups in total. The minimum Gasteiger partial charge on any atom is -0.497 e. The number of unbranched alkanes of at least 4 members (excludes halogenated alkanes) is 1. The number of nitrogens with zero attached hydrogens (tertiary/aromatic N) is 1. The Labute approximate surface area is 101 Å². The van der Waals surface area contributed by atoms with Crippen molar-refractivity contribution in [2.45, 2.75) is 19.8 Å². The zero-order valence-electron chi connectivity index (χ0n) is 10.1. The number of methoxy groups -OCH3 is 1. The number of ether oxygens (including phenoxy) is 2. The van der Waals surface area contributed by atoms with Crippen LogP contribution in [0.1, 0.15) is 25.3 Å². The van der Waals surface area contributed by atoms with Crippen molar-refractivity contribution in [2.75, 3.05) is 13.7 Å². The Hall–Kier alpha value is -1.91. The Balaban J connectivity index is 2.89. The minimum atomic E-state index is 0.0317. The summed E-state index contributed by atoms with van der Waals surface area (Å²) in [5.74, 6) is 1.30. The average molecular weight is 238 g/mol. The first-order valence-electron chi connectivity index (χ1n) is 5.51. The summed E-state index contributed by atoms with van der Waals surface area (Å²) < 4.78 is 10.7. The highest BCUT2D eigenvalue weighted by Crippen LogP contribution is 2.22. The second-order valence-electron chi connectivity index (χ2n) is 3.58. The Morgan fingerprint density at radius 2 is 2.06 bits per heavy atom. The van der Waals surface area contributed by atoms with E-state index in [0.717, 1.165) is 12.8 Å². The molecule has 1 aromatic carbocycles. The van der Waals surface area contributed by atoms with E-state index in [1.165, 1.54) is 0 Å². The van der Waals surface area contributed by atoms with Crippen LogP contribution in [-0.4, -0.2) is 24.8 Å². The lowest BCUT2D eigenvalue weighted by Crippen LogP contribution is -2.13. The first kappa shape index (κ1) is 13.2. The normalized spacial score (nSPS) is 11.3. The van der Waals surface area contributed by atoms with Crippen LogP contribution in [0.15, 0.2) is 23.4 Å². The Morgan fingerprint density at radius 3 is 2.65 bits per heavy atom. The number of benzene rings is 1. The lowest BCUT2D eigenvalue weighted by molar-refractivity contribution is 0.306. The molecule has 1 aromatic rings. The SMILES string of the molecule is CCCCOc1cc(OC)cc(/C(N)=N/O)c1. The molecule has 17 heavy (non-hydrogen) atoms. The molecule has 0 heterocycles. The molecule has 0 saturated carbocycles. The van der Waals surface area contributed by atoms with Gasteiger partial charge in [-0.3, -0.25) is 0 Å². The first-order valence-corrected chi connectivity index (χ1v) is 5.51. The highest BCUT2D eigenvalue weighted by atomic mass is 16.5. The number of oxime groups is 1. The van der Waals surface area contributed by atoms with Gasteiger partial charge in [-0.1, -0.05) is 18.5 Å². The van der Waals surface area contributed by atoms with E-state index >= 15 is 0 Å². The van der Waals surface area contributed by atoms with E-state index < -0.39 is 0 Å². The van der Waals surface area contributed by atoms with Gasteiger partial charge in [0.15, 0.2) is 5.84 Å². The molecule has 1 rings (SSSR count). The number of hydrogen-bond acceptors (Lipinski definition) is 4. The lowest BCUT2D eigenvalue weighted by atomic mass is 10.2. The number of amidine groups is 1. The molecule has 0 bridgehead atoms. The van der Waals surface area contributed by atoms with Crippen molar-refractivity contribution in [3.63, 3.8) is 0 Å². The molecule has 0 atom stereocenters. The molecule has 5 nitrogen and oxygen atoms in total. The fraction of sp³-hybridized carbons (Fsp3) is 0.417. The second-order valence-corrected chi connectivity index (χ2v) is 3.58. The molecule has 0 aliphatic carbocycles. The highest BCUT2D eigenvalue weighted by Gasteiger charge is 2.06. The van der Waals surface area contributed by atoms with Crippen LogP contribution < -0.4 is 15.2 Å². The van der Waals surface area contributed by atoms with Gasteiger partial charge >= 0.3 is 0 Å². The molecule has 0 aliphatic rings. The van der Waals surface area contributed by atoms with E-state index in [9.17, 15) is 0 Å². The number of rotatable bonds is 6. The molecule has 0 unspecified atom stereocenters. The molecule has 0 fully saturated rings. The monoisotopic (exact) mass is 238 g/mol. The maximum atomic E-state index is 8.64. The summed E-state index contributed by atoms with van der Waals surface area (Å²) in [6.07, 6.45) is 2.05. The largest absolute Gasteiger partial charge is 0.497 e. The molecular formula is C12H18N2O3. The van der Waals surface area contributed by atoms with Crippen molar-refractivity contribution in [3.8, 4) is 11.5 Å². The van der Waals surface area contributed by atoms with E-state index in [4.69, 9.17) is 20.4 Å². The van der Waals surface area contributed by atoms with Gasteiger partial charge in [0.2, 0.25) is 0 Å². The van der Waals surface area contributed by atoms with Crippen LogP contribution in [0.2, 0.25) is 0 Å². The van der Waals surface area contributed by atoms with Gasteiger partial charge in [-0.05, 0) is 18.6 Å². The quantitative estimate of drug-likeness (QED) is 0.261. The highest BCUT2D eigenvalue weighted by molar-refractivity contribution is 5.97. The molecule has 0 amide bonds. The van der Waals surface area contributed by atoms with Crippen molar-refractivity contribution >= 4 is 5.84 Å². The van der Waals surface area contributed by atoms with Gasteiger partial charge in [0.25, 0.3) is 0 Å². The van der Waals surface area contributed by atoms with E-state index in [1.807, 2.05) is 0 Å². The number of nitrogens with two attached hydrogens (primary N) is 1. The van der Waals surface area contributed by atoms with Crippen molar-refractivity contribution in [3.05, 3.63) is 23.8 Å². The molecule has 0 saturated heterocycles. The topological polar surface area (TPSA) is 77.1 Å². The van der Waals surface area contributed by atoms with E-state index in [0.29, 0.717) is 23.7 Å². The van der Waals surface area contributed by atoms with Crippen molar-refractivity contribution < 1.29 is 14.7 Å².